The highest BCUT2D eigenvalue weighted by molar-refractivity contribution is 5.94. The molecule has 4 aromatic rings. The van der Waals surface area contributed by atoms with E-state index < -0.39 is 5.41 Å². The molecule has 2 N–H and O–H groups in total. The van der Waals surface area contributed by atoms with Crippen molar-refractivity contribution in [3.8, 4) is 16.9 Å². The highest BCUT2D eigenvalue weighted by atomic mass is 16.5. The van der Waals surface area contributed by atoms with Crippen LogP contribution in [0.1, 0.15) is 114 Å². The van der Waals surface area contributed by atoms with Gasteiger partial charge in [-0.3, -0.25) is 0 Å². The normalized spacial score (nSPS) is 12.8. The number of fused-ring (bicyclic) bond motifs is 3. The Morgan fingerprint density at radius 3 is 2.02 bits per heavy atom. The molecule has 0 amide bonds. The third kappa shape index (κ3) is 9.59. The number of carbonyl (C=O) groups excluding carboxylic acids is 1. The van der Waals surface area contributed by atoms with Gasteiger partial charge >= 0.3 is 5.97 Å². The second kappa shape index (κ2) is 19.9. The molecule has 0 atom stereocenters. The first kappa shape index (κ1) is 40.2. The van der Waals surface area contributed by atoms with E-state index in [1.165, 1.54) is 50.1 Å². The Morgan fingerprint density at radius 2 is 1.34 bits per heavy atom. The van der Waals surface area contributed by atoms with Gasteiger partial charge in [-0.15, -0.1) is 0 Å². The van der Waals surface area contributed by atoms with Crippen molar-refractivity contribution in [3.63, 3.8) is 0 Å². The molecule has 0 saturated carbocycles. The molecular formula is C47H62N2O4. The van der Waals surface area contributed by atoms with Crippen LogP contribution in [0.15, 0.2) is 72.8 Å². The van der Waals surface area contributed by atoms with Gasteiger partial charge in [0.05, 0.1) is 18.6 Å². The Hall–Kier alpha value is -3.97. The number of carbonyl (C=O) groups is 1. The minimum Gasteiger partial charge on any atom is -0.493 e. The third-order valence-corrected chi connectivity index (χ3v) is 10.6. The number of unbranched alkanes of at least 4 members (excludes halogenated alkanes) is 4. The molecule has 0 unspecified atom stereocenters. The number of esters is 1. The van der Waals surface area contributed by atoms with Crippen LogP contribution in [0, 0.1) is 20.8 Å². The molecule has 53 heavy (non-hydrogen) atoms. The number of rotatable bonds is 22. The van der Waals surface area contributed by atoms with E-state index in [-0.39, 0.29) is 5.97 Å². The van der Waals surface area contributed by atoms with Gasteiger partial charge in [-0.1, -0.05) is 91.6 Å². The first-order valence-electron chi connectivity index (χ1n) is 20.0. The van der Waals surface area contributed by atoms with Gasteiger partial charge in [0.25, 0.3) is 0 Å². The summed E-state index contributed by atoms with van der Waals surface area (Å²) in [5.41, 5.74) is 12.1. The summed E-state index contributed by atoms with van der Waals surface area (Å²) in [5.74, 6) is 0.228. The molecule has 1 aliphatic carbocycles. The Kier molecular flexibility index (Phi) is 15.1. The van der Waals surface area contributed by atoms with Crippen LogP contribution in [0.5, 0.6) is 5.75 Å². The van der Waals surface area contributed by atoms with E-state index in [2.05, 4.69) is 99.0 Å². The number of aryl methyl sites for hydroxylation is 4. The summed E-state index contributed by atoms with van der Waals surface area (Å²) < 4.78 is 17.9. The number of ether oxygens (including phenoxy) is 3. The Morgan fingerprint density at radius 1 is 0.679 bits per heavy atom. The van der Waals surface area contributed by atoms with Gasteiger partial charge in [0.1, 0.15) is 11.3 Å². The van der Waals surface area contributed by atoms with Gasteiger partial charge in [-0.25, -0.2) is 4.79 Å². The zero-order valence-electron chi connectivity index (χ0n) is 33.2. The van der Waals surface area contributed by atoms with Crippen LogP contribution >= 0.6 is 0 Å². The number of hydrogen-bond donors (Lipinski definition) is 2. The maximum absolute atomic E-state index is 13.7. The lowest BCUT2D eigenvalue weighted by Crippen LogP contribution is -2.29. The van der Waals surface area contributed by atoms with Crippen molar-refractivity contribution in [1.29, 1.82) is 0 Å². The Balaban J connectivity index is 1.52. The summed E-state index contributed by atoms with van der Waals surface area (Å²) in [6.45, 7) is 16.1. The fourth-order valence-electron chi connectivity index (χ4n) is 7.84. The lowest BCUT2D eigenvalue weighted by atomic mass is 9.66. The molecule has 6 nitrogen and oxygen atoms in total. The maximum Gasteiger partial charge on any atom is 0.341 e. The molecule has 0 heterocycles. The van der Waals surface area contributed by atoms with Gasteiger partial charge in [0.2, 0.25) is 0 Å². The molecule has 0 saturated heterocycles. The molecule has 0 bridgehead atoms. The Bertz CT molecular complexity index is 1750. The van der Waals surface area contributed by atoms with Gasteiger partial charge in [-0.2, -0.15) is 0 Å². The average Bonchev–Trinajstić information content (AvgIpc) is 3.43. The van der Waals surface area contributed by atoms with Crippen LogP contribution in [0.25, 0.3) is 11.1 Å². The lowest BCUT2D eigenvalue weighted by Gasteiger charge is -2.35. The SMILES string of the molecule is CCNCCCOCCCCc1ccc(C2(c3ccc(OCCCCCCNC)c(C(=O)OCC)c3)c3cc(C)ccc3-c3ccc(C)cc32)cc1C. The first-order valence-corrected chi connectivity index (χ1v) is 20.0. The highest BCUT2D eigenvalue weighted by Crippen LogP contribution is 2.57. The van der Waals surface area contributed by atoms with Crippen LogP contribution in [0.3, 0.4) is 0 Å². The lowest BCUT2D eigenvalue weighted by molar-refractivity contribution is 0.0521. The van der Waals surface area contributed by atoms with Crippen LogP contribution < -0.4 is 15.4 Å². The molecule has 4 aromatic carbocycles. The van der Waals surface area contributed by atoms with Crippen molar-refractivity contribution >= 4 is 5.97 Å². The van der Waals surface area contributed by atoms with E-state index in [1.807, 2.05) is 26.1 Å². The number of nitrogens with one attached hydrogen (secondary N) is 2. The summed E-state index contributed by atoms with van der Waals surface area (Å²) in [4.78, 5) is 13.7. The Labute approximate surface area is 319 Å². The van der Waals surface area contributed by atoms with Crippen LogP contribution in [0.2, 0.25) is 0 Å². The largest absolute Gasteiger partial charge is 0.493 e. The number of hydrogen-bond acceptors (Lipinski definition) is 6. The maximum atomic E-state index is 13.7. The van der Waals surface area contributed by atoms with Crippen LogP contribution in [-0.2, 0) is 21.3 Å². The first-order chi connectivity index (χ1) is 25.8. The quantitative estimate of drug-likeness (QED) is 0.0549. The predicted octanol–water partition coefficient (Wildman–Crippen LogP) is 9.65. The van der Waals surface area contributed by atoms with Crippen LogP contribution in [0.4, 0.5) is 0 Å². The van der Waals surface area contributed by atoms with Gasteiger partial charge < -0.3 is 24.8 Å². The van der Waals surface area contributed by atoms with E-state index in [9.17, 15) is 4.79 Å². The molecule has 0 radical (unpaired) electrons. The molecule has 6 heteroatoms. The third-order valence-electron chi connectivity index (χ3n) is 10.6. The fourth-order valence-corrected chi connectivity index (χ4v) is 7.84. The predicted molar refractivity (Wildman–Crippen MR) is 219 cm³/mol. The van der Waals surface area contributed by atoms with Crippen molar-refractivity contribution in [2.24, 2.45) is 0 Å². The standard InChI is InChI=1S/C47H62N2O4/c1-7-49-26-15-28-51-27-14-11-16-37-19-20-38(32-36(37)5)47(43-30-34(3)17-22-40(43)41-23-18-35(4)31-44(41)47)39-21-24-45(42(33-39)46(50)52-8-2)53-29-13-10-9-12-25-48-6/h17-24,30-33,48-49H,7-16,25-29H2,1-6H3. The summed E-state index contributed by atoms with van der Waals surface area (Å²) in [7, 11) is 1.99. The van der Waals surface area contributed by atoms with E-state index in [0.717, 1.165) is 89.8 Å². The highest BCUT2D eigenvalue weighted by Gasteiger charge is 2.47. The molecule has 0 aliphatic heterocycles. The molecule has 5 rings (SSSR count). The zero-order valence-corrected chi connectivity index (χ0v) is 33.2. The molecule has 0 fully saturated rings. The smallest absolute Gasteiger partial charge is 0.341 e. The van der Waals surface area contributed by atoms with E-state index >= 15 is 0 Å². The van der Waals surface area contributed by atoms with Gasteiger partial charge in [0, 0.05) is 13.2 Å². The van der Waals surface area contributed by atoms with Crippen molar-refractivity contribution in [2.45, 2.75) is 91.4 Å². The van der Waals surface area contributed by atoms with Crippen molar-refractivity contribution in [2.75, 3.05) is 53.1 Å². The van der Waals surface area contributed by atoms with Gasteiger partial charge in [0.15, 0.2) is 0 Å². The molecule has 1 aliphatic rings. The summed E-state index contributed by atoms with van der Waals surface area (Å²) in [6.07, 6.45) is 8.52. The summed E-state index contributed by atoms with van der Waals surface area (Å²) >= 11 is 0. The van der Waals surface area contributed by atoms with Crippen molar-refractivity contribution in [3.05, 3.63) is 123 Å². The molecular weight excluding hydrogens is 657 g/mol. The van der Waals surface area contributed by atoms with E-state index in [1.54, 1.807) is 0 Å². The molecule has 284 valence electrons. The monoisotopic (exact) mass is 718 g/mol. The summed E-state index contributed by atoms with van der Waals surface area (Å²) in [5, 5.41) is 6.57. The van der Waals surface area contributed by atoms with Gasteiger partial charge in [-0.05, 0) is 150 Å². The average molecular weight is 719 g/mol. The topological polar surface area (TPSA) is 68.8 Å². The second-order valence-corrected chi connectivity index (χ2v) is 14.6. The van der Waals surface area contributed by atoms with E-state index in [4.69, 9.17) is 14.2 Å². The number of benzene rings is 4. The molecule has 0 spiro atoms. The second-order valence-electron chi connectivity index (χ2n) is 14.6. The van der Waals surface area contributed by atoms with Crippen molar-refractivity contribution < 1.29 is 19.0 Å². The van der Waals surface area contributed by atoms with Crippen molar-refractivity contribution in [1.82, 2.24) is 10.6 Å². The zero-order chi connectivity index (χ0) is 37.6. The summed E-state index contributed by atoms with van der Waals surface area (Å²) in [6, 6.07) is 26.9. The van der Waals surface area contributed by atoms with Crippen LogP contribution in [-0.4, -0.2) is 59.1 Å². The minimum atomic E-state index is -0.639. The van der Waals surface area contributed by atoms with E-state index in [0.29, 0.717) is 24.5 Å². The molecule has 0 aromatic heterocycles. The fraction of sp³-hybridized carbons (Fsp3) is 0.468. The minimum absolute atomic E-state index is 0.298.